The van der Waals surface area contributed by atoms with Crippen molar-refractivity contribution >= 4 is 15.9 Å². The number of hydrogen-bond acceptors (Lipinski definition) is 3. The van der Waals surface area contributed by atoms with Gasteiger partial charge < -0.3 is 14.5 Å². The highest BCUT2D eigenvalue weighted by atomic mass is 79.9. The van der Waals surface area contributed by atoms with Gasteiger partial charge in [0, 0.05) is 0 Å². The molecule has 4 heteroatoms. The molecule has 1 heterocycles. The molecule has 0 aliphatic heterocycles. The van der Waals surface area contributed by atoms with E-state index < -0.39 is 0 Å². The lowest BCUT2D eigenvalue weighted by Gasteiger charge is -2.02. The van der Waals surface area contributed by atoms with E-state index in [1.165, 1.54) is 6.26 Å². The molecule has 0 spiro atoms. The summed E-state index contributed by atoms with van der Waals surface area (Å²) in [7, 11) is 0. The van der Waals surface area contributed by atoms with Gasteiger partial charge in [0.25, 0.3) is 0 Å². The van der Waals surface area contributed by atoms with E-state index in [4.69, 9.17) is 9.15 Å². The van der Waals surface area contributed by atoms with E-state index in [0.29, 0.717) is 6.61 Å². The van der Waals surface area contributed by atoms with Gasteiger partial charge in [-0.1, -0.05) is 6.58 Å². The Balaban J connectivity index is 2.04. The SMILES string of the molecule is C=COCCCNCc1occc1Br. The first kappa shape index (κ1) is 11.3. The van der Waals surface area contributed by atoms with E-state index in [9.17, 15) is 0 Å². The third-order valence-electron chi connectivity index (χ3n) is 1.71. The average Bonchev–Trinajstić information content (AvgIpc) is 2.58. The average molecular weight is 260 g/mol. The van der Waals surface area contributed by atoms with Gasteiger partial charge in [-0.15, -0.1) is 0 Å². The van der Waals surface area contributed by atoms with Crippen molar-refractivity contribution in [1.82, 2.24) is 5.32 Å². The van der Waals surface area contributed by atoms with Crippen LogP contribution in [0.15, 0.2) is 34.1 Å². The van der Waals surface area contributed by atoms with Gasteiger partial charge in [0.2, 0.25) is 0 Å². The Kier molecular flexibility index (Phi) is 5.40. The van der Waals surface area contributed by atoms with Gasteiger partial charge in [-0.25, -0.2) is 0 Å². The first-order chi connectivity index (χ1) is 6.84. The highest BCUT2D eigenvalue weighted by molar-refractivity contribution is 9.10. The van der Waals surface area contributed by atoms with Crippen LogP contribution in [0.3, 0.4) is 0 Å². The Hall–Kier alpha value is -0.740. The summed E-state index contributed by atoms with van der Waals surface area (Å²) in [6, 6.07) is 1.89. The fraction of sp³-hybridized carbons (Fsp3) is 0.400. The summed E-state index contributed by atoms with van der Waals surface area (Å²) in [5.41, 5.74) is 0. The molecule has 0 fully saturated rings. The monoisotopic (exact) mass is 259 g/mol. The third-order valence-corrected chi connectivity index (χ3v) is 2.42. The molecule has 0 saturated heterocycles. The second-order valence-electron chi connectivity index (χ2n) is 2.76. The maximum absolute atomic E-state index is 5.24. The van der Waals surface area contributed by atoms with Gasteiger partial charge >= 0.3 is 0 Å². The Morgan fingerprint density at radius 3 is 3.14 bits per heavy atom. The van der Waals surface area contributed by atoms with Crippen LogP contribution in [0.5, 0.6) is 0 Å². The molecule has 0 aliphatic carbocycles. The summed E-state index contributed by atoms with van der Waals surface area (Å²) in [5, 5.41) is 3.25. The predicted octanol–water partition coefficient (Wildman–Crippen LogP) is 2.68. The van der Waals surface area contributed by atoms with Crippen molar-refractivity contribution in [1.29, 1.82) is 0 Å². The molecule has 0 bridgehead atoms. The van der Waals surface area contributed by atoms with Crippen LogP contribution < -0.4 is 5.32 Å². The van der Waals surface area contributed by atoms with Gasteiger partial charge in [-0.3, -0.25) is 0 Å². The number of ether oxygens (including phenoxy) is 1. The number of halogens is 1. The van der Waals surface area contributed by atoms with Crippen LogP contribution in [-0.2, 0) is 11.3 Å². The number of hydrogen-bond donors (Lipinski definition) is 1. The van der Waals surface area contributed by atoms with Crippen molar-refractivity contribution in [2.75, 3.05) is 13.2 Å². The van der Waals surface area contributed by atoms with Crippen LogP contribution in [0.1, 0.15) is 12.2 Å². The molecule has 0 saturated carbocycles. The highest BCUT2D eigenvalue weighted by Crippen LogP contribution is 2.16. The van der Waals surface area contributed by atoms with Crippen molar-refractivity contribution in [3.8, 4) is 0 Å². The summed E-state index contributed by atoms with van der Waals surface area (Å²) in [6.45, 7) is 5.81. The van der Waals surface area contributed by atoms with Gasteiger partial charge in [0.15, 0.2) is 0 Å². The summed E-state index contributed by atoms with van der Waals surface area (Å²) < 4.78 is 11.2. The second-order valence-corrected chi connectivity index (χ2v) is 3.61. The number of furan rings is 1. The third kappa shape index (κ3) is 3.98. The van der Waals surface area contributed by atoms with E-state index >= 15 is 0 Å². The molecule has 0 atom stereocenters. The molecule has 1 N–H and O–H groups in total. The Morgan fingerprint density at radius 1 is 1.64 bits per heavy atom. The quantitative estimate of drug-likeness (QED) is 0.604. The lowest BCUT2D eigenvalue weighted by atomic mass is 10.4. The largest absolute Gasteiger partial charge is 0.502 e. The maximum Gasteiger partial charge on any atom is 0.131 e. The number of nitrogens with one attached hydrogen (secondary N) is 1. The molecule has 0 aromatic carbocycles. The molecule has 78 valence electrons. The second kappa shape index (κ2) is 6.68. The van der Waals surface area contributed by atoms with Crippen LogP contribution in [0, 0.1) is 0 Å². The molecule has 1 aromatic heterocycles. The van der Waals surface area contributed by atoms with E-state index in [0.717, 1.165) is 29.7 Å². The fourth-order valence-electron chi connectivity index (χ4n) is 1.02. The zero-order chi connectivity index (χ0) is 10.2. The molecule has 1 aromatic rings. The van der Waals surface area contributed by atoms with Crippen LogP contribution in [0.2, 0.25) is 0 Å². The van der Waals surface area contributed by atoms with E-state index in [-0.39, 0.29) is 0 Å². The molecule has 3 nitrogen and oxygen atoms in total. The van der Waals surface area contributed by atoms with Crippen molar-refractivity contribution in [3.63, 3.8) is 0 Å². The van der Waals surface area contributed by atoms with Crippen molar-refractivity contribution in [2.45, 2.75) is 13.0 Å². The fourth-order valence-corrected chi connectivity index (χ4v) is 1.36. The van der Waals surface area contributed by atoms with E-state index in [1.807, 2.05) is 6.07 Å². The molecular weight excluding hydrogens is 246 g/mol. The maximum atomic E-state index is 5.24. The molecular formula is C10H14BrNO2. The zero-order valence-electron chi connectivity index (χ0n) is 7.96. The minimum Gasteiger partial charge on any atom is -0.502 e. The van der Waals surface area contributed by atoms with Crippen LogP contribution in [0.25, 0.3) is 0 Å². The first-order valence-corrected chi connectivity index (χ1v) is 5.29. The standard InChI is InChI=1S/C10H14BrNO2/c1-2-13-6-3-5-12-8-10-9(11)4-7-14-10/h2,4,7,12H,1,3,5-6,8H2. The van der Waals surface area contributed by atoms with Gasteiger partial charge in [0.05, 0.1) is 30.1 Å². The smallest absolute Gasteiger partial charge is 0.131 e. The molecule has 0 aliphatic rings. The Labute approximate surface area is 92.3 Å². The minimum atomic E-state index is 0.704. The highest BCUT2D eigenvalue weighted by Gasteiger charge is 2.01. The van der Waals surface area contributed by atoms with Gasteiger partial charge in [0.1, 0.15) is 5.76 Å². The van der Waals surface area contributed by atoms with E-state index in [2.05, 4.69) is 27.8 Å². The minimum absolute atomic E-state index is 0.704. The van der Waals surface area contributed by atoms with E-state index in [1.54, 1.807) is 6.26 Å². The zero-order valence-corrected chi connectivity index (χ0v) is 9.55. The predicted molar refractivity (Wildman–Crippen MR) is 58.9 cm³/mol. The van der Waals surface area contributed by atoms with Crippen molar-refractivity contribution in [2.24, 2.45) is 0 Å². The summed E-state index contributed by atoms with van der Waals surface area (Å²) in [4.78, 5) is 0. The van der Waals surface area contributed by atoms with Crippen molar-refractivity contribution in [3.05, 3.63) is 35.4 Å². The topological polar surface area (TPSA) is 34.4 Å². The molecule has 0 amide bonds. The molecule has 14 heavy (non-hydrogen) atoms. The van der Waals surface area contributed by atoms with Crippen molar-refractivity contribution < 1.29 is 9.15 Å². The van der Waals surface area contributed by atoms with Crippen LogP contribution in [0.4, 0.5) is 0 Å². The molecule has 1 rings (SSSR count). The number of rotatable bonds is 7. The summed E-state index contributed by atoms with van der Waals surface area (Å²) in [6.07, 6.45) is 4.09. The van der Waals surface area contributed by atoms with Crippen LogP contribution in [-0.4, -0.2) is 13.2 Å². The van der Waals surface area contributed by atoms with Crippen LogP contribution >= 0.6 is 15.9 Å². The van der Waals surface area contributed by atoms with Gasteiger partial charge in [-0.05, 0) is 35.0 Å². The lowest BCUT2D eigenvalue weighted by Crippen LogP contribution is -2.15. The summed E-state index contributed by atoms with van der Waals surface area (Å²) >= 11 is 3.39. The molecule has 0 unspecified atom stereocenters. The summed E-state index contributed by atoms with van der Waals surface area (Å²) in [5.74, 6) is 0.926. The normalized spacial score (nSPS) is 10.1. The first-order valence-electron chi connectivity index (χ1n) is 4.49. The Bertz CT molecular complexity index is 273. The Morgan fingerprint density at radius 2 is 2.50 bits per heavy atom. The molecule has 0 radical (unpaired) electrons. The van der Waals surface area contributed by atoms with Gasteiger partial charge in [-0.2, -0.15) is 0 Å². The lowest BCUT2D eigenvalue weighted by molar-refractivity contribution is 0.244.